The summed E-state index contributed by atoms with van der Waals surface area (Å²) in [5, 5.41) is 5.58. The quantitative estimate of drug-likeness (QED) is 0.650. The SMILES string of the molecule is CC(C)Oc1cccc(C(=O)NCCNC(=O)c2cccc(OC(C)C)c2)c1. The van der Waals surface area contributed by atoms with Gasteiger partial charge < -0.3 is 20.1 Å². The summed E-state index contributed by atoms with van der Waals surface area (Å²) in [4.78, 5) is 24.5. The minimum absolute atomic E-state index is 0.0398. The molecule has 0 unspecified atom stereocenters. The molecule has 0 aliphatic heterocycles. The van der Waals surface area contributed by atoms with Gasteiger partial charge in [0.2, 0.25) is 0 Å². The highest BCUT2D eigenvalue weighted by atomic mass is 16.5. The average Bonchev–Trinajstić information content (AvgIpc) is 2.64. The van der Waals surface area contributed by atoms with Gasteiger partial charge in [0.25, 0.3) is 11.8 Å². The Morgan fingerprint density at radius 1 is 0.750 bits per heavy atom. The number of hydrogen-bond acceptors (Lipinski definition) is 4. The van der Waals surface area contributed by atoms with Gasteiger partial charge in [0, 0.05) is 24.2 Å². The van der Waals surface area contributed by atoms with E-state index in [4.69, 9.17) is 9.47 Å². The van der Waals surface area contributed by atoms with Crippen LogP contribution in [0, 0.1) is 0 Å². The number of carbonyl (C=O) groups is 2. The fourth-order valence-corrected chi connectivity index (χ4v) is 2.52. The molecule has 6 heteroatoms. The van der Waals surface area contributed by atoms with E-state index in [0.717, 1.165) is 0 Å². The van der Waals surface area contributed by atoms with E-state index in [2.05, 4.69) is 10.6 Å². The molecule has 0 radical (unpaired) electrons. The van der Waals surface area contributed by atoms with E-state index >= 15 is 0 Å². The molecule has 0 atom stereocenters. The minimum atomic E-state index is -0.212. The number of nitrogens with one attached hydrogen (secondary N) is 2. The summed E-state index contributed by atoms with van der Waals surface area (Å²) in [7, 11) is 0. The standard InChI is InChI=1S/C22H28N2O4/c1-15(2)27-19-9-5-7-17(13-19)21(25)23-11-12-24-22(26)18-8-6-10-20(14-18)28-16(3)4/h5-10,13-16H,11-12H2,1-4H3,(H,23,25)(H,24,26). The summed E-state index contributed by atoms with van der Waals surface area (Å²) in [6, 6.07) is 14.0. The van der Waals surface area contributed by atoms with Gasteiger partial charge in [-0.2, -0.15) is 0 Å². The van der Waals surface area contributed by atoms with Gasteiger partial charge >= 0.3 is 0 Å². The van der Waals surface area contributed by atoms with Crippen molar-refractivity contribution in [3.63, 3.8) is 0 Å². The lowest BCUT2D eigenvalue weighted by atomic mass is 10.2. The fraction of sp³-hybridized carbons (Fsp3) is 0.364. The Labute approximate surface area is 166 Å². The third kappa shape index (κ3) is 6.95. The van der Waals surface area contributed by atoms with Crippen LogP contribution in [-0.4, -0.2) is 37.1 Å². The van der Waals surface area contributed by atoms with Crippen molar-refractivity contribution in [1.82, 2.24) is 10.6 Å². The maximum absolute atomic E-state index is 12.2. The maximum atomic E-state index is 12.2. The molecule has 0 fully saturated rings. The summed E-state index contributed by atoms with van der Waals surface area (Å²) < 4.78 is 11.2. The molecular weight excluding hydrogens is 356 g/mol. The Balaban J connectivity index is 1.81. The zero-order chi connectivity index (χ0) is 20.5. The molecule has 0 aromatic heterocycles. The normalized spacial score (nSPS) is 10.6. The summed E-state index contributed by atoms with van der Waals surface area (Å²) in [6.07, 6.45) is 0.0796. The molecule has 150 valence electrons. The Morgan fingerprint density at radius 2 is 1.14 bits per heavy atom. The molecule has 0 aliphatic rings. The Kier molecular flexibility index (Phi) is 7.87. The lowest BCUT2D eigenvalue weighted by Crippen LogP contribution is -2.34. The van der Waals surface area contributed by atoms with Gasteiger partial charge in [0.15, 0.2) is 0 Å². The second-order valence-electron chi connectivity index (χ2n) is 6.90. The van der Waals surface area contributed by atoms with Crippen LogP contribution in [0.4, 0.5) is 0 Å². The van der Waals surface area contributed by atoms with E-state index in [-0.39, 0.29) is 24.0 Å². The molecule has 28 heavy (non-hydrogen) atoms. The lowest BCUT2D eigenvalue weighted by Gasteiger charge is -2.12. The van der Waals surface area contributed by atoms with E-state index in [1.807, 2.05) is 39.8 Å². The Morgan fingerprint density at radius 3 is 1.50 bits per heavy atom. The molecule has 0 bridgehead atoms. The molecule has 2 amide bonds. The van der Waals surface area contributed by atoms with Crippen LogP contribution < -0.4 is 20.1 Å². The summed E-state index contributed by atoms with van der Waals surface area (Å²) in [6.45, 7) is 8.37. The molecule has 0 heterocycles. The molecule has 0 saturated heterocycles. The second kappa shape index (κ2) is 10.3. The molecule has 6 nitrogen and oxygen atoms in total. The van der Waals surface area contributed by atoms with Crippen molar-refractivity contribution in [2.24, 2.45) is 0 Å². The van der Waals surface area contributed by atoms with Crippen LogP contribution in [0.5, 0.6) is 11.5 Å². The second-order valence-corrected chi connectivity index (χ2v) is 6.90. The molecule has 2 aromatic carbocycles. The molecule has 2 N–H and O–H groups in total. The largest absolute Gasteiger partial charge is 0.491 e. The van der Waals surface area contributed by atoms with Crippen molar-refractivity contribution >= 4 is 11.8 Å². The molecular formula is C22H28N2O4. The van der Waals surface area contributed by atoms with Crippen LogP contribution in [0.2, 0.25) is 0 Å². The number of benzene rings is 2. The predicted molar refractivity (Wildman–Crippen MR) is 109 cm³/mol. The molecule has 2 rings (SSSR count). The van der Waals surface area contributed by atoms with Crippen molar-refractivity contribution in [2.45, 2.75) is 39.9 Å². The highest BCUT2D eigenvalue weighted by Gasteiger charge is 2.09. The van der Waals surface area contributed by atoms with E-state index in [1.165, 1.54) is 0 Å². The first-order valence-electron chi connectivity index (χ1n) is 9.45. The van der Waals surface area contributed by atoms with Crippen molar-refractivity contribution in [3.05, 3.63) is 59.7 Å². The van der Waals surface area contributed by atoms with Crippen LogP contribution in [-0.2, 0) is 0 Å². The van der Waals surface area contributed by atoms with Crippen LogP contribution >= 0.6 is 0 Å². The average molecular weight is 384 g/mol. The third-order valence-electron chi connectivity index (χ3n) is 3.63. The monoisotopic (exact) mass is 384 g/mol. The van der Waals surface area contributed by atoms with E-state index < -0.39 is 0 Å². The number of hydrogen-bond donors (Lipinski definition) is 2. The van der Waals surface area contributed by atoms with Gasteiger partial charge in [-0.1, -0.05) is 12.1 Å². The third-order valence-corrected chi connectivity index (χ3v) is 3.63. The Bertz CT molecular complexity index is 735. The zero-order valence-electron chi connectivity index (χ0n) is 16.8. The maximum Gasteiger partial charge on any atom is 0.251 e. The van der Waals surface area contributed by atoms with Gasteiger partial charge in [-0.05, 0) is 64.1 Å². The van der Waals surface area contributed by atoms with Crippen molar-refractivity contribution in [3.8, 4) is 11.5 Å². The molecule has 0 spiro atoms. The van der Waals surface area contributed by atoms with Gasteiger partial charge in [0.1, 0.15) is 11.5 Å². The number of amides is 2. The molecule has 2 aromatic rings. The first-order chi connectivity index (χ1) is 13.3. The van der Waals surface area contributed by atoms with Crippen molar-refractivity contribution in [2.75, 3.05) is 13.1 Å². The van der Waals surface area contributed by atoms with E-state index in [0.29, 0.717) is 35.7 Å². The summed E-state index contributed by atoms with van der Waals surface area (Å²) >= 11 is 0. The van der Waals surface area contributed by atoms with Crippen LogP contribution in [0.1, 0.15) is 48.4 Å². The molecule has 0 aliphatic carbocycles. The molecule has 0 saturated carbocycles. The highest BCUT2D eigenvalue weighted by molar-refractivity contribution is 5.95. The summed E-state index contributed by atoms with van der Waals surface area (Å²) in [5.74, 6) is 0.880. The minimum Gasteiger partial charge on any atom is -0.491 e. The van der Waals surface area contributed by atoms with Crippen LogP contribution in [0.3, 0.4) is 0 Å². The van der Waals surface area contributed by atoms with Crippen LogP contribution in [0.25, 0.3) is 0 Å². The highest BCUT2D eigenvalue weighted by Crippen LogP contribution is 2.15. The predicted octanol–water partition coefficient (Wildman–Crippen LogP) is 3.42. The van der Waals surface area contributed by atoms with E-state index in [9.17, 15) is 9.59 Å². The van der Waals surface area contributed by atoms with Crippen molar-refractivity contribution < 1.29 is 19.1 Å². The van der Waals surface area contributed by atoms with E-state index in [1.54, 1.807) is 36.4 Å². The summed E-state index contributed by atoms with van der Waals surface area (Å²) in [5.41, 5.74) is 1.03. The zero-order valence-corrected chi connectivity index (χ0v) is 16.8. The Hall–Kier alpha value is -3.02. The fourth-order valence-electron chi connectivity index (χ4n) is 2.52. The number of ether oxygens (including phenoxy) is 2. The van der Waals surface area contributed by atoms with Gasteiger partial charge in [-0.3, -0.25) is 9.59 Å². The number of rotatable bonds is 9. The van der Waals surface area contributed by atoms with Gasteiger partial charge in [0.05, 0.1) is 12.2 Å². The first kappa shape index (κ1) is 21.3. The lowest BCUT2D eigenvalue weighted by molar-refractivity contribution is 0.0927. The first-order valence-corrected chi connectivity index (χ1v) is 9.45. The smallest absolute Gasteiger partial charge is 0.251 e. The van der Waals surface area contributed by atoms with Crippen molar-refractivity contribution in [1.29, 1.82) is 0 Å². The van der Waals surface area contributed by atoms with Gasteiger partial charge in [-0.15, -0.1) is 0 Å². The van der Waals surface area contributed by atoms with Crippen LogP contribution in [0.15, 0.2) is 48.5 Å². The topological polar surface area (TPSA) is 76.7 Å². The van der Waals surface area contributed by atoms with Gasteiger partial charge in [-0.25, -0.2) is 0 Å². The number of carbonyl (C=O) groups excluding carboxylic acids is 2.